The fourth-order valence-electron chi connectivity index (χ4n) is 17.2. The smallest absolute Gasteiger partial charge is 0.231 e. The first-order chi connectivity index (χ1) is 44.7. The molecule has 6 aliphatic rings. The predicted molar refractivity (Wildman–Crippen MR) is 424 cm³/mol. The zero-order chi connectivity index (χ0) is 69.4. The van der Waals surface area contributed by atoms with E-state index in [4.69, 9.17) is 25.8 Å². The van der Waals surface area contributed by atoms with Crippen molar-refractivity contribution in [3.63, 3.8) is 0 Å². The van der Waals surface area contributed by atoms with E-state index in [0.717, 1.165) is 49.7 Å². The number of rotatable bonds is 17. The quantitative estimate of drug-likeness (QED) is 0.0297. The number of hydrogen-bond donors (Lipinski definition) is 3. The summed E-state index contributed by atoms with van der Waals surface area (Å²) in [5.41, 5.74) is 1.43. The largest absolute Gasteiger partial charge is 0.280 e. The first-order valence-corrected chi connectivity index (χ1v) is 53.5. The molecule has 0 aliphatic heterocycles. The van der Waals surface area contributed by atoms with E-state index in [0.29, 0.717) is 44.7 Å². The van der Waals surface area contributed by atoms with Gasteiger partial charge in [-0.3, -0.25) is 19.2 Å². The number of carbonyl (C=O) groups is 6. The minimum atomic E-state index is -0.732. The van der Waals surface area contributed by atoms with E-state index >= 15 is 0 Å². The van der Waals surface area contributed by atoms with Crippen LogP contribution in [-0.2, 0) is 43.0 Å². The van der Waals surface area contributed by atoms with E-state index in [-0.39, 0.29) is 103 Å². The fourth-order valence-corrected chi connectivity index (χ4v) is 19.4. The van der Waals surface area contributed by atoms with Gasteiger partial charge in [-0.05, 0) is 120 Å². The summed E-state index contributed by atoms with van der Waals surface area (Å²) < 4.78 is 17.4. The number of esters is 3. The van der Waals surface area contributed by atoms with E-state index in [9.17, 15) is 44.1 Å². The molecule has 6 aliphatic carbocycles. The van der Waals surface area contributed by atoms with Crippen molar-refractivity contribution < 1.29 is 71.6 Å². The van der Waals surface area contributed by atoms with Crippen molar-refractivity contribution in [3.8, 4) is 0 Å². The van der Waals surface area contributed by atoms with E-state index < -0.39 is 77.2 Å². The van der Waals surface area contributed by atoms with Gasteiger partial charge in [-0.2, -0.15) is 0 Å². The number of halogens is 7. The van der Waals surface area contributed by atoms with Crippen LogP contribution < -0.4 is 13.3 Å². The summed E-state index contributed by atoms with van der Waals surface area (Å²) in [7, 11) is 0. The molecule has 0 unspecified atom stereocenters. The number of aliphatic hydroxyl groups excluding tert-OH is 3. The zero-order valence-corrected chi connectivity index (χ0v) is 71.0. The van der Waals surface area contributed by atoms with Crippen LogP contribution in [0.2, 0.25) is 0 Å². The summed E-state index contributed by atoms with van der Waals surface area (Å²) in [5, 5.41) is 32.1. The molecule has 16 atom stereocenters. The molecular weight excluding hydrogens is 1940 g/mol. The van der Waals surface area contributed by atoms with Gasteiger partial charge in [-0.15, -0.1) is 60.7 Å². The third kappa shape index (κ3) is 19.3. The molecule has 10 rings (SSSR count). The molecule has 0 spiro atoms. The third-order valence-electron chi connectivity index (χ3n) is 22.8. The van der Waals surface area contributed by atoms with Crippen molar-refractivity contribution in [3.05, 3.63) is 169 Å². The van der Waals surface area contributed by atoms with Gasteiger partial charge in [0, 0.05) is 83.6 Å². The van der Waals surface area contributed by atoms with Gasteiger partial charge in [0.05, 0.1) is 34.2 Å². The molecule has 4 bridgehead atoms. The number of ether oxygens (including phenoxy) is 3. The van der Waals surface area contributed by atoms with Gasteiger partial charge in [-0.1, -0.05) is 189 Å². The average molecular weight is 2040 g/mol. The summed E-state index contributed by atoms with van der Waals surface area (Å²) in [5.74, 6) is -1.34. The molecule has 0 radical (unpaired) electrons. The Hall–Kier alpha value is -0.970. The topological polar surface area (TPSA) is 191 Å². The SMILES string of the molecule is C=C[C@]1(C)C[C@@H](OC(=O)CO)[C@]2(C)[C@H](C)CC[C@]3(CCC(=O)[C@H]32)[C@@H](C)[C@@H]1O.C=C[C@]1(C)C[C@@H](OC(=O)COC(=O)CSC(c2ccccc2)c2ccccc2)[C@]2(C)[C@H](C)CC[C@]3(CCC(=O)[C@H]32)[C@@H](C)[C@@H]1O.I.II.I[I-]I.O=C(Cl)CSC(c1ccccc1)c1ccccc1. The molecule has 0 amide bonds. The first-order valence-electron chi connectivity index (χ1n) is 32.2. The Morgan fingerprint density at radius 3 is 1.23 bits per heavy atom. The van der Waals surface area contributed by atoms with E-state index in [2.05, 4.69) is 153 Å². The summed E-state index contributed by atoms with van der Waals surface area (Å²) in [4.78, 5) is 75.9. The van der Waals surface area contributed by atoms with Gasteiger partial charge >= 0.3 is 68.4 Å². The van der Waals surface area contributed by atoms with Crippen LogP contribution in [-0.4, -0.2) is 99.2 Å². The Labute approximate surface area is 647 Å². The molecule has 0 saturated heterocycles. The molecule has 524 valence electrons. The van der Waals surface area contributed by atoms with Crippen LogP contribution in [0.5, 0.6) is 0 Å². The van der Waals surface area contributed by atoms with E-state index in [1.165, 1.54) is 22.9 Å². The second-order valence-corrected chi connectivity index (χ2v) is 46.2. The van der Waals surface area contributed by atoms with Gasteiger partial charge < -0.3 is 29.5 Å². The maximum absolute atomic E-state index is 13.6. The van der Waals surface area contributed by atoms with Gasteiger partial charge in [-0.25, -0.2) is 9.59 Å². The van der Waals surface area contributed by atoms with Crippen molar-refractivity contribution in [1.29, 1.82) is 0 Å². The minimum Gasteiger partial charge on any atom is -0.280 e. The summed E-state index contributed by atoms with van der Waals surface area (Å²) in [6, 6.07) is 40.3. The fraction of sp³-hybridized carbons (Fsp3) is 0.541. The van der Waals surface area contributed by atoms with Crippen LogP contribution in [0.3, 0.4) is 0 Å². The molecule has 0 heterocycles. The second kappa shape index (κ2) is 38.5. The van der Waals surface area contributed by atoms with Gasteiger partial charge in [0.25, 0.3) is 0 Å². The molecule has 0 aromatic heterocycles. The van der Waals surface area contributed by atoms with Crippen LogP contribution >= 0.6 is 134 Å². The summed E-state index contributed by atoms with van der Waals surface area (Å²) >= 11 is 18.0. The zero-order valence-electron chi connectivity index (χ0n) is 55.5. The Bertz CT molecular complexity index is 3100. The number of Topliss-reactive ketones (excluding diaryl/α,β-unsaturated/α-hetero) is 2. The molecule has 3 N–H and O–H groups in total. The van der Waals surface area contributed by atoms with Crippen molar-refractivity contribution in [1.82, 2.24) is 0 Å². The molecule has 4 aromatic rings. The Morgan fingerprint density at radius 1 is 0.589 bits per heavy atom. The van der Waals surface area contributed by atoms with Crippen molar-refractivity contribution in [2.45, 2.75) is 155 Å². The third-order valence-corrected chi connectivity index (χ3v) is 25.7. The number of hydrogen-bond acceptors (Lipinski definition) is 14. The van der Waals surface area contributed by atoms with Gasteiger partial charge in [0.2, 0.25) is 5.24 Å². The molecule has 21 heteroatoms. The number of ketones is 2. The minimum absolute atomic E-state index is 0. The van der Waals surface area contributed by atoms with Crippen LogP contribution in [0.1, 0.15) is 152 Å². The average Bonchev–Trinajstić information content (AvgIpc) is 1.67. The van der Waals surface area contributed by atoms with Crippen LogP contribution in [0, 0.1) is 68.0 Å². The standard InChI is InChI=1S/C37H46O6S.C22H34O5.C15H13ClOS.I3.I2.HI/c1-6-35(4)21-29(36(5)24(2)17-19-37(25(3)34(35)41)20-18-28(38)33(36)37)43-30(39)22-42-31(40)23-44-32(26-13-9-7-10-14-26)27-15-11-8-12-16-27;1-6-20(4)11-16(27-17(25)12-23)21(5)13(2)7-9-22(14(3)19(20)26)10-8-15(24)18(21)22;16-14(17)11-18-15(12-7-3-1-4-8-12)13-9-5-2-6-10-13;1-3-2;1-2;/h6-16,24-25,29,32-34,41H,1,17-23H2,2-5H3;6,13-14,16,18-19,23,26H,1,7-12H2,2-5H3;1-10,15H,11H2;;;1H/q;;;-1;;/t24-,25+,29-,33+,34+,35-,36+,37+;13-,14+,16-,18+,19+,20-,21+,22+;;;;/m11..../s1. The molecular formula is C74H94ClI6O12S2-. The number of thioether (sulfide) groups is 2. The second-order valence-electron chi connectivity index (χ2n) is 27.4. The normalized spacial score (nSPS) is 32.6. The van der Waals surface area contributed by atoms with Crippen LogP contribution in [0.4, 0.5) is 0 Å². The summed E-state index contributed by atoms with van der Waals surface area (Å²) in [6.45, 7) is 23.4. The maximum Gasteiger partial charge on any atom is 0.231 e. The summed E-state index contributed by atoms with van der Waals surface area (Å²) in [6.07, 6.45) is 7.84. The monoisotopic (exact) mass is 2040 g/mol. The Balaban J connectivity index is 0.000000272. The van der Waals surface area contributed by atoms with Crippen molar-refractivity contribution >= 4 is 168 Å². The molecule has 4 aromatic carbocycles. The molecule has 6 fully saturated rings. The van der Waals surface area contributed by atoms with Crippen molar-refractivity contribution in [2.75, 3.05) is 24.7 Å². The first kappa shape index (κ1) is 84.7. The van der Waals surface area contributed by atoms with Crippen LogP contribution in [0.25, 0.3) is 0 Å². The Kier molecular flexibility index (Phi) is 34.3. The molecule has 12 nitrogen and oxygen atoms in total. The Morgan fingerprint density at radius 2 is 0.916 bits per heavy atom. The number of benzene rings is 4. The van der Waals surface area contributed by atoms with E-state index in [1.54, 1.807) is 23.9 Å². The van der Waals surface area contributed by atoms with Crippen molar-refractivity contribution in [2.24, 2.45) is 68.0 Å². The number of aliphatic hydroxyl groups is 3. The van der Waals surface area contributed by atoms with Gasteiger partial charge in [0.15, 0.2) is 6.61 Å². The van der Waals surface area contributed by atoms with Crippen LogP contribution in [0.15, 0.2) is 147 Å². The number of carbonyl (C=O) groups excluding carboxylic acids is 6. The molecule has 95 heavy (non-hydrogen) atoms. The van der Waals surface area contributed by atoms with E-state index in [1.807, 2.05) is 111 Å². The molecule has 6 saturated carbocycles. The maximum atomic E-state index is 13.6. The predicted octanol–water partition coefficient (Wildman–Crippen LogP) is 15.3. The van der Waals surface area contributed by atoms with Gasteiger partial charge in [0.1, 0.15) is 30.4 Å².